The second-order valence-corrected chi connectivity index (χ2v) is 3.08. The van der Waals surface area contributed by atoms with Gasteiger partial charge >= 0.3 is 6.03 Å². The van der Waals surface area contributed by atoms with Crippen LogP contribution in [0.15, 0.2) is 0 Å². The second-order valence-electron chi connectivity index (χ2n) is 3.08. The summed E-state index contributed by atoms with van der Waals surface area (Å²) in [6.45, 7) is 5.10. The van der Waals surface area contributed by atoms with Gasteiger partial charge in [0.05, 0.1) is 6.54 Å². The molecule has 0 atom stereocenters. The molecule has 0 fully saturated rings. The van der Waals surface area contributed by atoms with Gasteiger partial charge in [-0.05, 0) is 13.8 Å². The molecule has 0 bridgehead atoms. The first-order valence-corrected chi connectivity index (χ1v) is 4.75. The molecule has 0 unspecified atom stereocenters. The molecule has 5 heteroatoms. The van der Waals surface area contributed by atoms with Gasteiger partial charge in [0.25, 0.3) is 0 Å². The molecule has 3 amide bonds. The molecule has 82 valence electrons. The number of rotatable bonds is 4. The van der Waals surface area contributed by atoms with Crippen LogP contribution in [0, 0.1) is 0 Å². The van der Waals surface area contributed by atoms with Gasteiger partial charge in [0.15, 0.2) is 0 Å². The van der Waals surface area contributed by atoms with Gasteiger partial charge < -0.3 is 15.1 Å². The minimum atomic E-state index is -0.217. The number of hydrogen-bond acceptors (Lipinski definition) is 2. The Morgan fingerprint density at radius 1 is 1.07 bits per heavy atom. The first-order chi connectivity index (χ1) is 6.52. The van der Waals surface area contributed by atoms with Crippen molar-refractivity contribution in [1.29, 1.82) is 0 Å². The fraction of sp³-hybridized carbons (Fsp3) is 0.778. The Balaban J connectivity index is 3.83. The van der Waals surface area contributed by atoms with Crippen molar-refractivity contribution in [3.05, 3.63) is 0 Å². The summed E-state index contributed by atoms with van der Waals surface area (Å²) in [5.74, 6) is -0.0784. The molecule has 0 spiro atoms. The van der Waals surface area contributed by atoms with Crippen LogP contribution in [-0.4, -0.2) is 55.5 Å². The van der Waals surface area contributed by atoms with E-state index in [2.05, 4.69) is 5.32 Å². The first-order valence-electron chi connectivity index (χ1n) is 4.75. The van der Waals surface area contributed by atoms with Crippen molar-refractivity contribution in [2.45, 2.75) is 13.8 Å². The Morgan fingerprint density at radius 2 is 1.57 bits per heavy atom. The largest absolute Gasteiger partial charge is 0.345 e. The molecule has 0 aliphatic heterocycles. The quantitative estimate of drug-likeness (QED) is 0.702. The van der Waals surface area contributed by atoms with Gasteiger partial charge in [0.2, 0.25) is 5.91 Å². The lowest BCUT2D eigenvalue weighted by atomic mass is 10.5. The lowest BCUT2D eigenvalue weighted by Crippen LogP contribution is -2.43. The van der Waals surface area contributed by atoms with Crippen molar-refractivity contribution >= 4 is 11.9 Å². The highest BCUT2D eigenvalue weighted by Crippen LogP contribution is 1.85. The monoisotopic (exact) mass is 201 g/mol. The van der Waals surface area contributed by atoms with Crippen LogP contribution in [0.25, 0.3) is 0 Å². The van der Waals surface area contributed by atoms with Crippen LogP contribution in [0.1, 0.15) is 13.8 Å². The molecular formula is C9H19N3O2. The zero-order valence-corrected chi connectivity index (χ0v) is 9.33. The van der Waals surface area contributed by atoms with Crippen molar-refractivity contribution in [3.8, 4) is 0 Å². The number of hydrogen-bond donors (Lipinski definition) is 1. The van der Waals surface area contributed by atoms with Gasteiger partial charge in [0.1, 0.15) is 0 Å². The summed E-state index contributed by atoms with van der Waals surface area (Å²) < 4.78 is 0. The maximum Gasteiger partial charge on any atom is 0.317 e. The van der Waals surface area contributed by atoms with Crippen LogP contribution < -0.4 is 5.32 Å². The third-order valence-corrected chi connectivity index (χ3v) is 2.11. The minimum Gasteiger partial charge on any atom is -0.345 e. The van der Waals surface area contributed by atoms with Crippen LogP contribution in [0.2, 0.25) is 0 Å². The highest BCUT2D eigenvalue weighted by molar-refractivity contribution is 5.83. The molecule has 0 rings (SSSR count). The third kappa shape index (κ3) is 4.11. The van der Waals surface area contributed by atoms with Gasteiger partial charge in [-0.25, -0.2) is 4.79 Å². The average molecular weight is 201 g/mol. The summed E-state index contributed by atoms with van der Waals surface area (Å²) in [7, 11) is 3.39. The number of amides is 3. The average Bonchev–Trinajstić information content (AvgIpc) is 2.22. The molecule has 0 saturated carbocycles. The Bertz CT molecular complexity index is 184. The molecular weight excluding hydrogens is 182 g/mol. The van der Waals surface area contributed by atoms with E-state index in [-0.39, 0.29) is 18.5 Å². The number of nitrogens with zero attached hydrogens (tertiary/aromatic N) is 2. The summed E-state index contributed by atoms with van der Waals surface area (Å²) in [4.78, 5) is 25.6. The molecule has 0 aromatic rings. The highest BCUT2D eigenvalue weighted by Gasteiger charge is 2.10. The summed E-state index contributed by atoms with van der Waals surface area (Å²) in [5.41, 5.74) is 0. The molecule has 0 aromatic carbocycles. The number of carbonyl (C=O) groups is 2. The van der Waals surface area contributed by atoms with Crippen LogP contribution >= 0.6 is 0 Å². The number of likely N-dealkylation sites (N-methyl/N-ethyl adjacent to an activating group) is 1. The number of carbonyl (C=O) groups excluding carboxylic acids is 2. The smallest absolute Gasteiger partial charge is 0.317 e. The Hall–Kier alpha value is -1.26. The normalized spacial score (nSPS) is 9.43. The van der Waals surface area contributed by atoms with E-state index in [0.29, 0.717) is 13.1 Å². The highest BCUT2D eigenvalue weighted by atomic mass is 16.2. The molecule has 0 heterocycles. The standard InChI is InChI=1S/C9H19N3O2/c1-5-11(3)8(13)7-10-9(14)12(4)6-2/h5-7H2,1-4H3,(H,10,14). The molecule has 1 N–H and O–H groups in total. The van der Waals surface area contributed by atoms with Crippen molar-refractivity contribution in [3.63, 3.8) is 0 Å². The SMILES string of the molecule is CCN(C)C(=O)CNC(=O)N(C)CC. The first kappa shape index (κ1) is 12.7. The van der Waals surface area contributed by atoms with E-state index in [1.807, 2.05) is 13.8 Å². The Kier molecular flexibility index (Phi) is 5.67. The predicted octanol–water partition coefficient (Wildman–Crippen LogP) is 0.126. The molecule has 0 aliphatic carbocycles. The lowest BCUT2D eigenvalue weighted by molar-refractivity contribution is -0.128. The van der Waals surface area contributed by atoms with Gasteiger partial charge in [-0.15, -0.1) is 0 Å². The van der Waals surface area contributed by atoms with E-state index in [9.17, 15) is 9.59 Å². The summed E-state index contributed by atoms with van der Waals surface area (Å²) in [6.07, 6.45) is 0. The lowest BCUT2D eigenvalue weighted by Gasteiger charge is -2.18. The molecule has 0 saturated heterocycles. The van der Waals surface area contributed by atoms with Gasteiger partial charge in [-0.3, -0.25) is 4.79 Å². The van der Waals surface area contributed by atoms with Crippen molar-refractivity contribution in [1.82, 2.24) is 15.1 Å². The Morgan fingerprint density at radius 3 is 2.00 bits per heavy atom. The summed E-state index contributed by atoms with van der Waals surface area (Å²) >= 11 is 0. The van der Waals surface area contributed by atoms with Gasteiger partial charge in [-0.2, -0.15) is 0 Å². The van der Waals surface area contributed by atoms with E-state index >= 15 is 0 Å². The molecule has 5 nitrogen and oxygen atoms in total. The van der Waals surface area contributed by atoms with Crippen molar-refractivity contribution in [2.24, 2.45) is 0 Å². The van der Waals surface area contributed by atoms with E-state index in [4.69, 9.17) is 0 Å². The molecule has 0 aliphatic rings. The fourth-order valence-electron chi connectivity index (χ4n) is 0.741. The fourth-order valence-corrected chi connectivity index (χ4v) is 0.741. The van der Waals surface area contributed by atoms with Gasteiger partial charge in [0, 0.05) is 27.2 Å². The molecule has 0 radical (unpaired) electrons. The molecule has 14 heavy (non-hydrogen) atoms. The second kappa shape index (κ2) is 6.23. The maximum absolute atomic E-state index is 11.3. The van der Waals surface area contributed by atoms with Crippen molar-refractivity contribution < 1.29 is 9.59 Å². The molecule has 0 aromatic heterocycles. The van der Waals surface area contributed by atoms with Crippen LogP contribution in [0.4, 0.5) is 4.79 Å². The van der Waals surface area contributed by atoms with E-state index < -0.39 is 0 Å². The zero-order chi connectivity index (χ0) is 11.1. The number of nitrogens with one attached hydrogen (secondary N) is 1. The van der Waals surface area contributed by atoms with Crippen LogP contribution in [0.5, 0.6) is 0 Å². The van der Waals surface area contributed by atoms with E-state index in [1.54, 1.807) is 19.0 Å². The number of urea groups is 1. The Labute approximate surface area is 85.1 Å². The zero-order valence-electron chi connectivity index (χ0n) is 9.33. The summed E-state index contributed by atoms with van der Waals surface area (Å²) in [5, 5.41) is 2.54. The van der Waals surface area contributed by atoms with E-state index in [1.165, 1.54) is 4.90 Å². The van der Waals surface area contributed by atoms with Crippen LogP contribution in [-0.2, 0) is 4.79 Å². The van der Waals surface area contributed by atoms with Crippen LogP contribution in [0.3, 0.4) is 0 Å². The van der Waals surface area contributed by atoms with Crippen molar-refractivity contribution in [2.75, 3.05) is 33.7 Å². The third-order valence-electron chi connectivity index (χ3n) is 2.11. The van der Waals surface area contributed by atoms with Gasteiger partial charge in [-0.1, -0.05) is 0 Å². The van der Waals surface area contributed by atoms with E-state index in [0.717, 1.165) is 0 Å². The predicted molar refractivity (Wildman–Crippen MR) is 55.0 cm³/mol. The minimum absolute atomic E-state index is 0.0630. The maximum atomic E-state index is 11.3. The summed E-state index contributed by atoms with van der Waals surface area (Å²) in [6, 6.07) is -0.217. The topological polar surface area (TPSA) is 52.7 Å².